The summed E-state index contributed by atoms with van der Waals surface area (Å²) in [5.74, 6) is 0.544. The molecule has 11 heteroatoms. The number of amides is 2. The van der Waals surface area contributed by atoms with Crippen LogP contribution in [0.4, 0.5) is 31.1 Å². The Balaban J connectivity index is 1.94. The summed E-state index contributed by atoms with van der Waals surface area (Å²) < 4.78 is 85.1. The van der Waals surface area contributed by atoms with E-state index in [-0.39, 0.29) is 5.56 Å². The van der Waals surface area contributed by atoms with Crippen LogP contribution < -0.4 is 15.4 Å². The molecule has 0 aliphatic heterocycles. The number of halogens is 6. The fourth-order valence-corrected chi connectivity index (χ4v) is 3.42. The molecule has 186 valence electrons. The van der Waals surface area contributed by atoms with Crippen molar-refractivity contribution in [3.05, 3.63) is 94.8 Å². The van der Waals surface area contributed by atoms with Gasteiger partial charge in [-0.25, -0.2) is 4.79 Å². The zero-order valence-corrected chi connectivity index (χ0v) is 18.5. The number of nitrogens with one attached hydrogen (secondary N) is 2. The molecule has 1 heterocycles. The van der Waals surface area contributed by atoms with Gasteiger partial charge in [0.2, 0.25) is 0 Å². The zero-order chi connectivity index (χ0) is 25.8. The molecule has 5 nitrogen and oxygen atoms in total. The third-order valence-corrected chi connectivity index (χ3v) is 5.21. The molecule has 2 aromatic carbocycles. The molecule has 35 heavy (non-hydrogen) atoms. The average Bonchev–Trinajstić information content (AvgIpc) is 2.81. The number of nitrogens with zero attached hydrogens (tertiary/aromatic N) is 1. The van der Waals surface area contributed by atoms with Crippen LogP contribution in [0, 0.1) is 0 Å². The molecule has 0 aliphatic rings. The molecule has 2 atom stereocenters. The Kier molecular flexibility index (Phi) is 7.57. The van der Waals surface area contributed by atoms with E-state index in [2.05, 4.69) is 15.6 Å². The second kappa shape index (κ2) is 10.2. The first kappa shape index (κ1) is 25.9. The Morgan fingerprint density at radius 3 is 2.17 bits per heavy atom. The van der Waals surface area contributed by atoms with Gasteiger partial charge >= 0.3 is 18.4 Å². The van der Waals surface area contributed by atoms with Crippen LogP contribution in [-0.2, 0) is 12.4 Å². The SMILES string of the molecule is COc1cccc([C@H](C)NC(=O)N[C@@H](c2ccc(C(F)(F)F)cc2)c2ncccc2C(F)(F)F)c1. The molecular formula is C24H21F6N3O2. The molecule has 2 amide bonds. The molecule has 0 aliphatic carbocycles. The van der Waals surface area contributed by atoms with Crippen LogP contribution in [0.2, 0.25) is 0 Å². The Labute approximate surface area is 197 Å². The number of alkyl halides is 6. The van der Waals surface area contributed by atoms with E-state index in [0.717, 1.165) is 42.6 Å². The number of urea groups is 1. The van der Waals surface area contributed by atoms with E-state index in [1.165, 1.54) is 7.11 Å². The van der Waals surface area contributed by atoms with Crippen LogP contribution in [0.3, 0.4) is 0 Å². The van der Waals surface area contributed by atoms with Gasteiger partial charge in [-0.2, -0.15) is 26.3 Å². The summed E-state index contributed by atoms with van der Waals surface area (Å²) in [6, 6.07) is 9.28. The molecule has 3 aromatic rings. The number of ether oxygens (including phenoxy) is 1. The van der Waals surface area contributed by atoms with E-state index in [9.17, 15) is 31.1 Å². The zero-order valence-electron chi connectivity index (χ0n) is 18.5. The van der Waals surface area contributed by atoms with Crippen molar-refractivity contribution >= 4 is 6.03 Å². The number of carbonyl (C=O) groups is 1. The number of aromatic nitrogens is 1. The average molecular weight is 497 g/mol. The standard InChI is InChI=1S/C24H21F6N3O2/c1-14(16-5-3-6-18(13-16)35-2)32-22(34)33-20(15-8-10-17(11-9-15)23(25,26)27)21-19(24(28,29)30)7-4-12-31-21/h3-14,20H,1-2H3,(H2,32,33,34)/t14-,20-/m0/s1. The number of methoxy groups -OCH3 is 1. The van der Waals surface area contributed by atoms with Crippen molar-refractivity contribution in [2.75, 3.05) is 7.11 Å². The number of pyridine rings is 1. The van der Waals surface area contributed by atoms with Crippen molar-refractivity contribution in [3.8, 4) is 5.75 Å². The lowest BCUT2D eigenvalue weighted by Crippen LogP contribution is -2.40. The molecule has 0 saturated heterocycles. The fraction of sp³-hybridized carbons (Fsp3) is 0.250. The first-order chi connectivity index (χ1) is 16.4. The summed E-state index contributed by atoms with van der Waals surface area (Å²) in [6.45, 7) is 1.66. The number of hydrogen-bond acceptors (Lipinski definition) is 3. The van der Waals surface area contributed by atoms with E-state index < -0.39 is 47.3 Å². The molecule has 0 fully saturated rings. The second-order valence-electron chi connectivity index (χ2n) is 7.60. The monoisotopic (exact) mass is 497 g/mol. The Bertz CT molecular complexity index is 1160. The summed E-state index contributed by atoms with van der Waals surface area (Å²) in [6.07, 6.45) is -8.33. The molecule has 0 radical (unpaired) electrons. The highest BCUT2D eigenvalue weighted by molar-refractivity contribution is 5.75. The maximum absolute atomic E-state index is 13.7. The second-order valence-corrected chi connectivity index (χ2v) is 7.60. The summed E-state index contributed by atoms with van der Waals surface area (Å²) in [5.41, 5.74) is -1.99. The summed E-state index contributed by atoms with van der Waals surface area (Å²) in [5, 5.41) is 5.04. The van der Waals surface area contributed by atoms with Crippen molar-refractivity contribution in [1.82, 2.24) is 15.6 Å². The smallest absolute Gasteiger partial charge is 0.418 e. The van der Waals surface area contributed by atoms with Crippen molar-refractivity contribution < 1.29 is 35.9 Å². The van der Waals surface area contributed by atoms with Gasteiger partial charge in [-0.15, -0.1) is 0 Å². The van der Waals surface area contributed by atoms with E-state index >= 15 is 0 Å². The van der Waals surface area contributed by atoms with Crippen LogP contribution >= 0.6 is 0 Å². The Morgan fingerprint density at radius 1 is 0.886 bits per heavy atom. The van der Waals surface area contributed by atoms with Crippen LogP contribution in [0.15, 0.2) is 66.9 Å². The van der Waals surface area contributed by atoms with E-state index in [0.29, 0.717) is 11.3 Å². The van der Waals surface area contributed by atoms with Gasteiger partial charge in [-0.05, 0) is 54.4 Å². The van der Waals surface area contributed by atoms with Gasteiger partial charge in [0.05, 0.1) is 36.0 Å². The maximum atomic E-state index is 13.7. The third-order valence-electron chi connectivity index (χ3n) is 5.21. The highest BCUT2D eigenvalue weighted by atomic mass is 19.4. The fourth-order valence-electron chi connectivity index (χ4n) is 3.42. The molecule has 3 rings (SSSR count). The Hall–Kier alpha value is -3.76. The van der Waals surface area contributed by atoms with Gasteiger partial charge in [0.1, 0.15) is 5.75 Å². The molecule has 0 saturated carbocycles. The van der Waals surface area contributed by atoms with Crippen molar-refractivity contribution in [2.45, 2.75) is 31.4 Å². The van der Waals surface area contributed by atoms with E-state index in [1.807, 2.05) is 0 Å². The van der Waals surface area contributed by atoms with Gasteiger partial charge in [0, 0.05) is 6.20 Å². The first-order valence-corrected chi connectivity index (χ1v) is 10.3. The predicted molar refractivity (Wildman–Crippen MR) is 116 cm³/mol. The minimum atomic E-state index is -4.81. The highest BCUT2D eigenvalue weighted by Crippen LogP contribution is 2.36. The first-order valence-electron chi connectivity index (χ1n) is 10.3. The molecule has 2 N–H and O–H groups in total. The molecule has 0 unspecified atom stereocenters. The normalized spacial score (nSPS) is 13.6. The van der Waals surface area contributed by atoms with Crippen LogP contribution in [0.25, 0.3) is 0 Å². The van der Waals surface area contributed by atoms with Gasteiger partial charge in [0.25, 0.3) is 0 Å². The predicted octanol–water partition coefficient (Wildman–Crippen LogP) is 6.28. The number of carbonyl (C=O) groups excluding carboxylic acids is 1. The number of rotatable bonds is 6. The van der Waals surface area contributed by atoms with Crippen LogP contribution in [0.5, 0.6) is 5.75 Å². The number of hydrogen-bond donors (Lipinski definition) is 2. The molecular weight excluding hydrogens is 476 g/mol. The largest absolute Gasteiger partial charge is 0.497 e. The van der Waals surface area contributed by atoms with Crippen molar-refractivity contribution in [3.63, 3.8) is 0 Å². The van der Waals surface area contributed by atoms with Gasteiger partial charge in [-0.3, -0.25) is 4.98 Å². The lowest BCUT2D eigenvalue weighted by Gasteiger charge is -2.24. The lowest BCUT2D eigenvalue weighted by atomic mass is 9.98. The van der Waals surface area contributed by atoms with E-state index in [1.54, 1.807) is 31.2 Å². The third kappa shape index (κ3) is 6.43. The van der Waals surface area contributed by atoms with Gasteiger partial charge in [-0.1, -0.05) is 24.3 Å². The summed E-state index contributed by atoms with van der Waals surface area (Å²) in [7, 11) is 1.48. The van der Waals surface area contributed by atoms with Crippen LogP contribution in [0.1, 0.15) is 47.0 Å². The molecule has 0 bridgehead atoms. The quantitative estimate of drug-likeness (QED) is 0.394. The maximum Gasteiger partial charge on any atom is 0.418 e. The lowest BCUT2D eigenvalue weighted by molar-refractivity contribution is -0.139. The van der Waals surface area contributed by atoms with Gasteiger partial charge in [0.15, 0.2) is 0 Å². The summed E-state index contributed by atoms with van der Waals surface area (Å²) >= 11 is 0. The topological polar surface area (TPSA) is 63.2 Å². The Morgan fingerprint density at radius 2 is 1.57 bits per heavy atom. The van der Waals surface area contributed by atoms with Crippen molar-refractivity contribution in [2.24, 2.45) is 0 Å². The van der Waals surface area contributed by atoms with Crippen LogP contribution in [-0.4, -0.2) is 18.1 Å². The minimum absolute atomic E-state index is 0.00798. The molecule has 0 spiro atoms. The highest BCUT2D eigenvalue weighted by Gasteiger charge is 2.37. The van der Waals surface area contributed by atoms with Gasteiger partial charge < -0.3 is 15.4 Å². The van der Waals surface area contributed by atoms with Crippen molar-refractivity contribution in [1.29, 1.82) is 0 Å². The minimum Gasteiger partial charge on any atom is -0.497 e. The molecule has 1 aromatic heterocycles. The number of benzene rings is 2. The van der Waals surface area contributed by atoms with E-state index in [4.69, 9.17) is 4.74 Å². The summed E-state index contributed by atoms with van der Waals surface area (Å²) in [4.78, 5) is 16.6.